The third-order valence-electron chi connectivity index (χ3n) is 6.38. The molecule has 0 aliphatic carbocycles. The lowest BCUT2D eigenvalue weighted by Gasteiger charge is -2.29. The van der Waals surface area contributed by atoms with Gasteiger partial charge in [-0.2, -0.15) is 13.2 Å². The predicted octanol–water partition coefficient (Wildman–Crippen LogP) is 7.83. The van der Waals surface area contributed by atoms with E-state index >= 15 is 0 Å². The van der Waals surface area contributed by atoms with Crippen molar-refractivity contribution in [3.63, 3.8) is 0 Å². The van der Waals surface area contributed by atoms with Crippen LogP contribution >= 0.6 is 0 Å². The number of likely N-dealkylation sites (tertiary alicyclic amines) is 1. The molecule has 0 radical (unpaired) electrons. The number of halogens is 4. The minimum Gasteiger partial charge on any atom is -0.492 e. The molecule has 3 aromatic rings. The van der Waals surface area contributed by atoms with Gasteiger partial charge in [-0.05, 0) is 87.5 Å². The number of ether oxygens (including phenoxy) is 1. The molecule has 1 fully saturated rings. The van der Waals surface area contributed by atoms with E-state index in [1.165, 1.54) is 19.3 Å². The van der Waals surface area contributed by atoms with E-state index in [4.69, 9.17) is 4.74 Å². The lowest BCUT2D eigenvalue weighted by molar-refractivity contribution is -0.138. The van der Waals surface area contributed by atoms with Gasteiger partial charge in [-0.1, -0.05) is 30.7 Å². The zero-order chi connectivity index (χ0) is 25.7. The number of aryl methyl sites for hydroxylation is 1. The fourth-order valence-corrected chi connectivity index (χ4v) is 4.44. The van der Waals surface area contributed by atoms with Crippen molar-refractivity contribution < 1.29 is 22.3 Å². The molecule has 0 spiro atoms. The number of hydrogen-bond donors (Lipinski definition) is 0. The highest BCUT2D eigenvalue weighted by Crippen LogP contribution is 2.40. The third-order valence-corrected chi connectivity index (χ3v) is 6.38. The van der Waals surface area contributed by atoms with Gasteiger partial charge in [-0.15, -0.1) is 0 Å². The van der Waals surface area contributed by atoms with E-state index < -0.39 is 17.6 Å². The molecule has 1 saturated heterocycles. The van der Waals surface area contributed by atoms with Gasteiger partial charge in [-0.25, -0.2) is 4.39 Å². The Morgan fingerprint density at radius 3 is 2.14 bits per heavy atom. The van der Waals surface area contributed by atoms with E-state index in [0.717, 1.165) is 37.3 Å². The van der Waals surface area contributed by atoms with E-state index in [9.17, 15) is 17.6 Å². The molecule has 1 heterocycles. The Morgan fingerprint density at radius 1 is 0.917 bits per heavy atom. The first-order valence-electron chi connectivity index (χ1n) is 12.1. The van der Waals surface area contributed by atoms with Crippen molar-refractivity contribution >= 4 is 17.1 Å². The molecule has 0 aromatic heterocycles. The summed E-state index contributed by atoms with van der Waals surface area (Å²) in [4.78, 5) is 4.03. The first-order valence-corrected chi connectivity index (χ1v) is 12.1. The zero-order valence-electron chi connectivity index (χ0n) is 20.3. The van der Waals surface area contributed by atoms with Crippen molar-refractivity contribution in [1.82, 2.24) is 4.90 Å². The Labute approximate surface area is 209 Å². The maximum atomic E-state index is 13.8. The normalized spacial score (nSPS) is 14.5. The van der Waals surface area contributed by atoms with E-state index in [1.807, 2.05) is 31.2 Å². The van der Waals surface area contributed by atoms with Crippen LogP contribution in [0.4, 0.5) is 28.9 Å². The van der Waals surface area contributed by atoms with Crippen LogP contribution in [-0.4, -0.2) is 31.1 Å². The molecule has 3 aromatic carbocycles. The number of piperidine rings is 1. The first kappa shape index (κ1) is 25.8. The maximum absolute atomic E-state index is 13.8. The summed E-state index contributed by atoms with van der Waals surface area (Å²) in [5.41, 5.74) is 1.10. The molecule has 3 nitrogen and oxygen atoms in total. The van der Waals surface area contributed by atoms with Crippen LogP contribution in [0.3, 0.4) is 0 Å². The Morgan fingerprint density at radius 2 is 1.53 bits per heavy atom. The summed E-state index contributed by atoms with van der Waals surface area (Å²) in [6, 6.07) is 17.2. The van der Waals surface area contributed by atoms with Gasteiger partial charge in [0.15, 0.2) is 0 Å². The molecule has 4 rings (SSSR count). The Balaban J connectivity index is 1.60. The summed E-state index contributed by atoms with van der Waals surface area (Å²) in [7, 11) is 0. The SMILES string of the molecule is C=C(c1ccc(F)cc1C(F)(F)F)N(c1ccc(C)cc1)c1ccc(OCCN2CCCCC2)cc1. The van der Waals surface area contributed by atoms with Crippen LogP contribution in [0.25, 0.3) is 5.70 Å². The molecule has 0 saturated carbocycles. The standard InChI is InChI=1S/C29H30F4N2O/c1-21-6-9-24(10-7-21)35(22(2)27-15-8-23(30)20-28(27)29(31,32)33)25-11-13-26(14-12-25)36-19-18-34-16-4-3-5-17-34/h6-15,20H,2-5,16-19H2,1H3. The van der Waals surface area contributed by atoms with E-state index in [0.29, 0.717) is 29.8 Å². The summed E-state index contributed by atoms with van der Waals surface area (Å²) in [5, 5.41) is 0. The van der Waals surface area contributed by atoms with Gasteiger partial charge >= 0.3 is 6.18 Å². The van der Waals surface area contributed by atoms with Crippen molar-refractivity contribution in [1.29, 1.82) is 0 Å². The maximum Gasteiger partial charge on any atom is 0.417 e. The van der Waals surface area contributed by atoms with E-state index in [2.05, 4.69) is 11.5 Å². The summed E-state index contributed by atoms with van der Waals surface area (Å²) in [6.07, 6.45) is -1.01. The van der Waals surface area contributed by atoms with Crippen LogP contribution in [0.15, 0.2) is 73.3 Å². The molecule has 0 amide bonds. The summed E-state index contributed by atoms with van der Waals surface area (Å²) in [6.45, 7) is 9.55. The van der Waals surface area contributed by atoms with Crippen LogP contribution in [-0.2, 0) is 6.18 Å². The van der Waals surface area contributed by atoms with Crippen LogP contribution in [0.1, 0.15) is 36.0 Å². The number of nitrogens with zero attached hydrogens (tertiary/aromatic N) is 2. The van der Waals surface area contributed by atoms with Crippen LogP contribution in [0, 0.1) is 12.7 Å². The second-order valence-electron chi connectivity index (χ2n) is 9.05. The van der Waals surface area contributed by atoms with Gasteiger partial charge < -0.3 is 9.64 Å². The Kier molecular flexibility index (Phi) is 7.99. The minimum atomic E-state index is -4.73. The van der Waals surface area contributed by atoms with Gasteiger partial charge in [0.1, 0.15) is 18.2 Å². The molecule has 0 bridgehead atoms. The van der Waals surface area contributed by atoms with Crippen molar-refractivity contribution in [3.8, 4) is 5.75 Å². The zero-order valence-corrected chi connectivity index (χ0v) is 20.3. The highest BCUT2D eigenvalue weighted by molar-refractivity contribution is 5.88. The molecule has 7 heteroatoms. The lowest BCUT2D eigenvalue weighted by atomic mass is 10.0. The number of rotatable bonds is 8. The number of benzene rings is 3. The van der Waals surface area contributed by atoms with Gasteiger partial charge in [0, 0.05) is 29.2 Å². The van der Waals surface area contributed by atoms with Gasteiger partial charge in [0.25, 0.3) is 0 Å². The molecule has 0 atom stereocenters. The highest BCUT2D eigenvalue weighted by atomic mass is 19.4. The van der Waals surface area contributed by atoms with Gasteiger partial charge in [0.2, 0.25) is 0 Å². The largest absolute Gasteiger partial charge is 0.492 e. The molecular weight excluding hydrogens is 468 g/mol. The predicted molar refractivity (Wildman–Crippen MR) is 136 cm³/mol. The van der Waals surface area contributed by atoms with Crippen molar-refractivity contribution in [3.05, 3.63) is 95.8 Å². The fourth-order valence-electron chi connectivity index (χ4n) is 4.44. The molecule has 1 aliphatic rings. The van der Waals surface area contributed by atoms with Crippen LogP contribution in [0.5, 0.6) is 5.75 Å². The summed E-state index contributed by atoms with van der Waals surface area (Å²) in [5.74, 6) is -0.269. The van der Waals surface area contributed by atoms with E-state index in [1.54, 1.807) is 29.2 Å². The second kappa shape index (κ2) is 11.2. The van der Waals surface area contributed by atoms with Crippen molar-refractivity contribution in [2.45, 2.75) is 32.4 Å². The molecule has 36 heavy (non-hydrogen) atoms. The highest BCUT2D eigenvalue weighted by Gasteiger charge is 2.35. The molecule has 0 unspecified atom stereocenters. The molecule has 1 aliphatic heterocycles. The monoisotopic (exact) mass is 498 g/mol. The van der Waals surface area contributed by atoms with E-state index in [-0.39, 0.29) is 11.3 Å². The average Bonchev–Trinajstić information content (AvgIpc) is 2.86. The molecular formula is C29H30F4N2O. The third kappa shape index (κ3) is 6.26. The van der Waals surface area contributed by atoms with Gasteiger partial charge in [-0.3, -0.25) is 4.90 Å². The number of hydrogen-bond acceptors (Lipinski definition) is 3. The first-order chi connectivity index (χ1) is 17.2. The Hall–Kier alpha value is -3.32. The van der Waals surface area contributed by atoms with Crippen LogP contribution in [0.2, 0.25) is 0 Å². The molecule has 190 valence electrons. The average molecular weight is 499 g/mol. The number of alkyl halides is 3. The minimum absolute atomic E-state index is 0.0879. The summed E-state index contributed by atoms with van der Waals surface area (Å²) < 4.78 is 61.0. The fraction of sp³-hybridized carbons (Fsp3) is 0.310. The smallest absolute Gasteiger partial charge is 0.417 e. The molecule has 0 N–H and O–H groups in total. The van der Waals surface area contributed by atoms with Crippen molar-refractivity contribution in [2.24, 2.45) is 0 Å². The Bertz CT molecular complexity index is 1170. The lowest BCUT2D eigenvalue weighted by Crippen LogP contribution is -2.33. The summed E-state index contributed by atoms with van der Waals surface area (Å²) >= 11 is 0. The van der Waals surface area contributed by atoms with Gasteiger partial charge in [0.05, 0.1) is 5.56 Å². The second-order valence-corrected chi connectivity index (χ2v) is 9.05. The number of anilines is 2. The quantitative estimate of drug-likeness (QED) is 0.295. The van der Waals surface area contributed by atoms with Crippen LogP contribution < -0.4 is 9.64 Å². The van der Waals surface area contributed by atoms with Crippen molar-refractivity contribution in [2.75, 3.05) is 31.1 Å². The topological polar surface area (TPSA) is 15.7 Å².